The minimum atomic E-state index is -4.51. The van der Waals surface area contributed by atoms with Crippen LogP contribution in [0.25, 0.3) is 0 Å². The van der Waals surface area contributed by atoms with Gasteiger partial charge in [-0.25, -0.2) is 0 Å². The third kappa shape index (κ3) is 3.34. The zero-order valence-electron chi connectivity index (χ0n) is 8.63. The summed E-state index contributed by atoms with van der Waals surface area (Å²) in [7, 11) is 0. The van der Waals surface area contributed by atoms with Crippen molar-refractivity contribution in [2.24, 2.45) is 5.73 Å². The average Bonchev–Trinajstić information content (AvgIpc) is 2.20. The van der Waals surface area contributed by atoms with E-state index < -0.39 is 17.8 Å². The molecule has 0 fully saturated rings. The number of alkyl halides is 3. The molecule has 1 aromatic rings. The van der Waals surface area contributed by atoms with Gasteiger partial charge in [0.05, 0.1) is 10.0 Å². The van der Waals surface area contributed by atoms with E-state index in [1.54, 1.807) is 0 Å². The third-order valence-corrected chi connectivity index (χ3v) is 2.86. The van der Waals surface area contributed by atoms with Crippen LogP contribution in [0.5, 0.6) is 5.75 Å². The Morgan fingerprint density at radius 1 is 1.35 bits per heavy atom. The van der Waals surface area contributed by atoms with Crippen molar-refractivity contribution in [3.63, 3.8) is 0 Å². The van der Waals surface area contributed by atoms with Gasteiger partial charge in [-0.05, 0) is 34.5 Å². The van der Waals surface area contributed by atoms with Gasteiger partial charge in [0.1, 0.15) is 5.75 Å². The van der Waals surface area contributed by atoms with E-state index in [9.17, 15) is 18.3 Å². The second-order valence-corrected chi connectivity index (χ2v) is 4.37. The van der Waals surface area contributed by atoms with E-state index in [-0.39, 0.29) is 28.8 Å². The van der Waals surface area contributed by atoms with Crippen LogP contribution in [0.2, 0.25) is 0 Å². The van der Waals surface area contributed by atoms with Gasteiger partial charge in [0.15, 0.2) is 0 Å². The van der Waals surface area contributed by atoms with Gasteiger partial charge in [0, 0.05) is 18.2 Å². The Balaban J connectivity index is 3.25. The first kappa shape index (κ1) is 14.3. The standard InChI is InChI=1S/C10H11BrF3NO2/c11-7-4-5(10(12,13)14)3-6(9(7)17)8(15)1-2-16/h3-4,8,16-17H,1-2,15H2. The van der Waals surface area contributed by atoms with Gasteiger partial charge >= 0.3 is 6.18 Å². The first-order valence-electron chi connectivity index (χ1n) is 4.73. The Morgan fingerprint density at radius 2 is 1.94 bits per heavy atom. The van der Waals surface area contributed by atoms with Gasteiger partial charge in [0.2, 0.25) is 0 Å². The molecule has 0 spiro atoms. The summed E-state index contributed by atoms with van der Waals surface area (Å²) in [5.74, 6) is -0.334. The number of aliphatic hydroxyl groups is 1. The van der Waals surface area contributed by atoms with E-state index in [0.717, 1.165) is 12.1 Å². The number of phenolic OH excluding ortho intramolecular Hbond substituents is 1. The summed E-state index contributed by atoms with van der Waals surface area (Å²) in [6, 6.07) is 0.726. The van der Waals surface area contributed by atoms with Crippen molar-refractivity contribution < 1.29 is 23.4 Å². The highest BCUT2D eigenvalue weighted by atomic mass is 79.9. The lowest BCUT2D eigenvalue weighted by molar-refractivity contribution is -0.137. The van der Waals surface area contributed by atoms with Crippen LogP contribution in [0, 0.1) is 0 Å². The number of rotatable bonds is 3. The van der Waals surface area contributed by atoms with Gasteiger partial charge in [-0.15, -0.1) is 0 Å². The molecule has 0 aliphatic carbocycles. The molecule has 96 valence electrons. The van der Waals surface area contributed by atoms with Gasteiger partial charge in [-0.3, -0.25) is 0 Å². The molecule has 0 aromatic heterocycles. The predicted octanol–water partition coefficient (Wildman–Crippen LogP) is 2.56. The maximum absolute atomic E-state index is 12.5. The molecule has 0 aliphatic rings. The van der Waals surface area contributed by atoms with Crippen LogP contribution >= 0.6 is 15.9 Å². The Morgan fingerprint density at radius 3 is 2.41 bits per heavy atom. The number of aliphatic hydroxyl groups excluding tert-OH is 1. The topological polar surface area (TPSA) is 66.5 Å². The van der Waals surface area contributed by atoms with Crippen molar-refractivity contribution in [2.75, 3.05) is 6.61 Å². The summed E-state index contributed by atoms with van der Waals surface area (Å²) in [6.07, 6.45) is -4.44. The van der Waals surface area contributed by atoms with Crippen LogP contribution in [0.3, 0.4) is 0 Å². The van der Waals surface area contributed by atoms with Crippen molar-refractivity contribution in [3.8, 4) is 5.75 Å². The molecule has 0 saturated heterocycles. The fourth-order valence-electron chi connectivity index (χ4n) is 1.36. The van der Waals surface area contributed by atoms with Crippen molar-refractivity contribution in [2.45, 2.75) is 18.6 Å². The molecule has 0 saturated carbocycles. The highest BCUT2D eigenvalue weighted by Crippen LogP contribution is 2.39. The lowest BCUT2D eigenvalue weighted by atomic mass is 10.0. The number of nitrogens with two attached hydrogens (primary N) is 1. The lowest BCUT2D eigenvalue weighted by Crippen LogP contribution is -2.14. The van der Waals surface area contributed by atoms with Gasteiger partial charge in [0.25, 0.3) is 0 Å². The first-order chi connectivity index (χ1) is 7.77. The Bertz CT molecular complexity index is 409. The molecule has 0 radical (unpaired) electrons. The van der Waals surface area contributed by atoms with E-state index in [4.69, 9.17) is 10.8 Å². The molecule has 0 heterocycles. The van der Waals surface area contributed by atoms with E-state index in [1.807, 2.05) is 0 Å². The fourth-order valence-corrected chi connectivity index (χ4v) is 1.84. The van der Waals surface area contributed by atoms with Gasteiger partial charge in [-0.2, -0.15) is 13.2 Å². The maximum atomic E-state index is 12.5. The van der Waals surface area contributed by atoms with E-state index in [0.29, 0.717) is 0 Å². The summed E-state index contributed by atoms with van der Waals surface area (Å²) in [5.41, 5.74) is 4.64. The average molecular weight is 314 g/mol. The van der Waals surface area contributed by atoms with Crippen LogP contribution in [0.15, 0.2) is 16.6 Å². The number of halogens is 4. The Kier molecular flexibility index (Phi) is 4.40. The smallest absolute Gasteiger partial charge is 0.416 e. The normalized spacial score (nSPS) is 13.8. The number of hydrogen-bond donors (Lipinski definition) is 3. The van der Waals surface area contributed by atoms with Crippen LogP contribution in [0.1, 0.15) is 23.6 Å². The Labute approximate surface area is 104 Å². The Hall–Kier alpha value is -0.790. The number of phenols is 1. The van der Waals surface area contributed by atoms with E-state index in [2.05, 4.69) is 15.9 Å². The fraction of sp³-hybridized carbons (Fsp3) is 0.400. The quantitative estimate of drug-likeness (QED) is 0.803. The highest BCUT2D eigenvalue weighted by molar-refractivity contribution is 9.10. The third-order valence-electron chi connectivity index (χ3n) is 2.26. The highest BCUT2D eigenvalue weighted by Gasteiger charge is 2.32. The van der Waals surface area contributed by atoms with E-state index in [1.165, 1.54) is 0 Å². The molecule has 1 atom stereocenters. The second-order valence-electron chi connectivity index (χ2n) is 3.51. The molecule has 1 rings (SSSR count). The lowest BCUT2D eigenvalue weighted by Gasteiger charge is -2.16. The molecule has 0 bridgehead atoms. The monoisotopic (exact) mass is 313 g/mol. The summed E-state index contributed by atoms with van der Waals surface area (Å²) in [6.45, 7) is -0.269. The van der Waals surface area contributed by atoms with Crippen LogP contribution in [0.4, 0.5) is 13.2 Å². The number of benzene rings is 1. The van der Waals surface area contributed by atoms with Crippen LogP contribution in [-0.4, -0.2) is 16.8 Å². The second kappa shape index (κ2) is 5.24. The molecule has 1 unspecified atom stereocenters. The molecule has 3 nitrogen and oxygen atoms in total. The van der Waals surface area contributed by atoms with Gasteiger partial charge < -0.3 is 15.9 Å². The summed E-state index contributed by atoms with van der Waals surface area (Å²) in [5, 5.41) is 18.3. The molecular weight excluding hydrogens is 303 g/mol. The minimum absolute atomic E-state index is 0.0410. The van der Waals surface area contributed by atoms with Gasteiger partial charge in [-0.1, -0.05) is 0 Å². The minimum Gasteiger partial charge on any atom is -0.506 e. The molecular formula is C10H11BrF3NO2. The van der Waals surface area contributed by atoms with Crippen LogP contribution in [-0.2, 0) is 6.18 Å². The summed E-state index contributed by atoms with van der Waals surface area (Å²) < 4.78 is 37.5. The predicted molar refractivity (Wildman–Crippen MR) is 59.4 cm³/mol. The van der Waals surface area contributed by atoms with Crippen LogP contribution < -0.4 is 5.73 Å². The van der Waals surface area contributed by atoms with Crippen molar-refractivity contribution in [1.82, 2.24) is 0 Å². The zero-order valence-corrected chi connectivity index (χ0v) is 10.2. The SMILES string of the molecule is NC(CCO)c1cc(C(F)(F)F)cc(Br)c1O. The largest absolute Gasteiger partial charge is 0.506 e. The maximum Gasteiger partial charge on any atom is 0.416 e. The summed E-state index contributed by atoms with van der Waals surface area (Å²) in [4.78, 5) is 0. The van der Waals surface area contributed by atoms with Crippen molar-refractivity contribution in [3.05, 3.63) is 27.7 Å². The van der Waals surface area contributed by atoms with E-state index >= 15 is 0 Å². The number of hydrogen-bond acceptors (Lipinski definition) is 3. The molecule has 0 amide bonds. The van der Waals surface area contributed by atoms with Crippen molar-refractivity contribution in [1.29, 1.82) is 0 Å². The molecule has 0 aliphatic heterocycles. The molecule has 4 N–H and O–H groups in total. The molecule has 1 aromatic carbocycles. The van der Waals surface area contributed by atoms with Crippen molar-refractivity contribution >= 4 is 15.9 Å². The summed E-state index contributed by atoms with van der Waals surface area (Å²) >= 11 is 2.84. The molecule has 7 heteroatoms. The zero-order chi connectivity index (χ0) is 13.2. The first-order valence-corrected chi connectivity index (χ1v) is 5.52. The molecule has 17 heavy (non-hydrogen) atoms. The number of aromatic hydroxyl groups is 1.